The number of hydrogen-bond donors (Lipinski definition) is 2. The first-order valence-corrected chi connectivity index (χ1v) is 5.54. The number of nitrogens with two attached hydrogens (primary N) is 1. The third-order valence-corrected chi connectivity index (χ3v) is 1.87. The molecular weight excluding hydrogens is 218 g/mol. The summed E-state index contributed by atoms with van der Waals surface area (Å²) >= 11 is 0. The van der Waals surface area contributed by atoms with Gasteiger partial charge in [0.15, 0.2) is 0 Å². The van der Waals surface area contributed by atoms with Crippen LogP contribution in [0.5, 0.6) is 0 Å². The van der Waals surface area contributed by atoms with Gasteiger partial charge in [-0.1, -0.05) is 25.0 Å². The number of carbonyl (C=O) groups is 2. The van der Waals surface area contributed by atoms with Crippen molar-refractivity contribution in [1.82, 2.24) is 10.4 Å². The largest absolute Gasteiger partial charge is 0.327 e. The molecule has 0 radical (unpaired) electrons. The lowest BCUT2D eigenvalue weighted by Crippen LogP contribution is -2.46. The first kappa shape index (κ1) is 15.2. The standard InChI is InChI=1S/C12H19N3O2/c1-3-7-12(17)15(10-4-2)14-11(16)8-5-6-9-13/h1,5-6H,4,7-10,13H2,2H3,(H,14,16). The van der Waals surface area contributed by atoms with Crippen molar-refractivity contribution in [3.05, 3.63) is 12.2 Å². The number of carbonyl (C=O) groups excluding carboxylic acids is 2. The van der Waals surface area contributed by atoms with Crippen LogP contribution < -0.4 is 11.2 Å². The molecule has 2 amide bonds. The van der Waals surface area contributed by atoms with E-state index in [4.69, 9.17) is 12.2 Å². The lowest BCUT2D eigenvalue weighted by Gasteiger charge is -2.21. The predicted octanol–water partition coefficient (Wildman–Crippen LogP) is 0.185. The van der Waals surface area contributed by atoms with E-state index in [9.17, 15) is 9.59 Å². The van der Waals surface area contributed by atoms with Crippen LogP contribution in [0.1, 0.15) is 26.2 Å². The molecule has 0 aromatic carbocycles. The summed E-state index contributed by atoms with van der Waals surface area (Å²) in [5, 5.41) is 1.26. The fraction of sp³-hybridized carbons (Fsp3) is 0.500. The van der Waals surface area contributed by atoms with Crippen LogP contribution in [0.25, 0.3) is 0 Å². The van der Waals surface area contributed by atoms with E-state index in [1.54, 1.807) is 12.2 Å². The second-order valence-corrected chi connectivity index (χ2v) is 3.37. The Kier molecular flexibility index (Phi) is 8.43. The quantitative estimate of drug-likeness (QED) is 0.393. The second-order valence-electron chi connectivity index (χ2n) is 3.37. The number of nitrogens with zero attached hydrogens (tertiary/aromatic N) is 1. The molecule has 0 spiro atoms. The van der Waals surface area contributed by atoms with Crippen molar-refractivity contribution in [2.24, 2.45) is 5.73 Å². The van der Waals surface area contributed by atoms with Gasteiger partial charge in [0, 0.05) is 19.5 Å². The van der Waals surface area contributed by atoms with Crippen molar-refractivity contribution in [3.8, 4) is 12.3 Å². The van der Waals surface area contributed by atoms with Gasteiger partial charge in [0.1, 0.15) is 0 Å². The van der Waals surface area contributed by atoms with E-state index in [1.807, 2.05) is 6.92 Å². The van der Waals surface area contributed by atoms with Crippen LogP contribution >= 0.6 is 0 Å². The smallest absolute Gasteiger partial charge is 0.252 e. The van der Waals surface area contributed by atoms with Crippen molar-refractivity contribution in [3.63, 3.8) is 0 Å². The molecule has 0 aliphatic rings. The van der Waals surface area contributed by atoms with Crippen molar-refractivity contribution < 1.29 is 9.59 Å². The molecule has 0 aromatic heterocycles. The minimum atomic E-state index is -0.273. The molecule has 5 nitrogen and oxygen atoms in total. The van der Waals surface area contributed by atoms with E-state index in [0.29, 0.717) is 13.1 Å². The van der Waals surface area contributed by atoms with Crippen molar-refractivity contribution in [1.29, 1.82) is 0 Å². The van der Waals surface area contributed by atoms with Crippen molar-refractivity contribution in [2.75, 3.05) is 13.1 Å². The number of amides is 2. The fourth-order valence-electron chi connectivity index (χ4n) is 1.13. The normalized spacial score (nSPS) is 9.94. The number of hydrazine groups is 1. The average Bonchev–Trinajstić information content (AvgIpc) is 2.29. The van der Waals surface area contributed by atoms with E-state index < -0.39 is 0 Å². The highest BCUT2D eigenvalue weighted by Gasteiger charge is 2.13. The lowest BCUT2D eigenvalue weighted by atomic mass is 10.3. The molecule has 0 heterocycles. The van der Waals surface area contributed by atoms with Crippen LogP contribution in [-0.4, -0.2) is 29.9 Å². The first-order chi connectivity index (χ1) is 8.15. The summed E-state index contributed by atoms with van der Waals surface area (Å²) in [6.07, 6.45) is 9.33. The molecule has 0 aliphatic heterocycles. The van der Waals surface area contributed by atoms with Gasteiger partial charge in [-0.05, 0) is 6.42 Å². The van der Waals surface area contributed by atoms with Gasteiger partial charge in [-0.25, -0.2) is 0 Å². The van der Waals surface area contributed by atoms with Gasteiger partial charge in [0.05, 0.1) is 6.42 Å². The number of hydrogen-bond acceptors (Lipinski definition) is 3. The maximum Gasteiger partial charge on any atom is 0.252 e. The van der Waals surface area contributed by atoms with Crippen LogP contribution in [0.2, 0.25) is 0 Å². The van der Waals surface area contributed by atoms with Crippen LogP contribution in [-0.2, 0) is 9.59 Å². The highest BCUT2D eigenvalue weighted by molar-refractivity contribution is 5.83. The van der Waals surface area contributed by atoms with Crippen LogP contribution in [0.3, 0.4) is 0 Å². The molecule has 0 aliphatic carbocycles. The molecule has 17 heavy (non-hydrogen) atoms. The first-order valence-electron chi connectivity index (χ1n) is 5.54. The highest BCUT2D eigenvalue weighted by atomic mass is 16.2. The molecule has 3 N–H and O–H groups in total. The minimum Gasteiger partial charge on any atom is -0.327 e. The van der Waals surface area contributed by atoms with Gasteiger partial charge in [0.2, 0.25) is 5.91 Å². The topological polar surface area (TPSA) is 75.4 Å². The SMILES string of the molecule is C#CCC(=O)N(CCC)NC(=O)CC=CCN. The van der Waals surface area contributed by atoms with Gasteiger partial charge in [-0.15, -0.1) is 6.42 Å². The van der Waals surface area contributed by atoms with E-state index >= 15 is 0 Å². The highest BCUT2D eigenvalue weighted by Crippen LogP contribution is 1.94. The Balaban J connectivity index is 4.24. The minimum absolute atomic E-state index is 0.0150. The Labute approximate surface area is 102 Å². The maximum atomic E-state index is 11.5. The number of terminal acetylenes is 1. The Bertz CT molecular complexity index is 318. The molecule has 0 bridgehead atoms. The van der Waals surface area contributed by atoms with Crippen molar-refractivity contribution >= 4 is 11.8 Å². The molecule has 0 unspecified atom stereocenters. The summed E-state index contributed by atoms with van der Waals surface area (Å²) < 4.78 is 0. The monoisotopic (exact) mass is 237 g/mol. The average molecular weight is 237 g/mol. The molecular formula is C12H19N3O2. The van der Waals surface area contributed by atoms with Gasteiger partial charge in [-0.3, -0.25) is 20.0 Å². The molecule has 94 valence electrons. The van der Waals surface area contributed by atoms with E-state index in [-0.39, 0.29) is 24.7 Å². The van der Waals surface area contributed by atoms with E-state index in [0.717, 1.165) is 6.42 Å². The zero-order chi connectivity index (χ0) is 13.1. The third-order valence-electron chi connectivity index (χ3n) is 1.87. The van der Waals surface area contributed by atoms with Gasteiger partial charge >= 0.3 is 0 Å². The summed E-state index contributed by atoms with van der Waals surface area (Å²) in [6, 6.07) is 0. The molecule has 0 rings (SSSR count). The Morgan fingerprint density at radius 1 is 1.47 bits per heavy atom. The summed E-state index contributed by atoms with van der Waals surface area (Å²) in [4.78, 5) is 23.0. The van der Waals surface area contributed by atoms with Gasteiger partial charge in [-0.2, -0.15) is 0 Å². The van der Waals surface area contributed by atoms with Gasteiger partial charge in [0.25, 0.3) is 5.91 Å². The molecule has 0 saturated carbocycles. The Morgan fingerprint density at radius 3 is 2.71 bits per heavy atom. The number of nitrogens with one attached hydrogen (secondary N) is 1. The zero-order valence-corrected chi connectivity index (χ0v) is 10.1. The summed E-state index contributed by atoms with van der Waals surface area (Å²) in [5.41, 5.74) is 7.76. The molecule has 5 heteroatoms. The Hall–Kier alpha value is -1.80. The number of rotatable bonds is 6. The molecule has 0 saturated heterocycles. The van der Waals surface area contributed by atoms with Crippen LogP contribution in [0.15, 0.2) is 12.2 Å². The third kappa shape index (κ3) is 7.14. The summed E-state index contributed by atoms with van der Waals surface area (Å²) in [7, 11) is 0. The van der Waals surface area contributed by atoms with Gasteiger partial charge < -0.3 is 5.73 Å². The maximum absolute atomic E-state index is 11.5. The molecule has 0 atom stereocenters. The van der Waals surface area contributed by atoms with Crippen LogP contribution in [0.4, 0.5) is 0 Å². The zero-order valence-electron chi connectivity index (χ0n) is 10.1. The summed E-state index contributed by atoms with van der Waals surface area (Å²) in [6.45, 7) is 2.76. The molecule has 0 aromatic rings. The fourth-order valence-corrected chi connectivity index (χ4v) is 1.13. The second kappa shape index (κ2) is 9.43. The predicted molar refractivity (Wildman–Crippen MR) is 66.4 cm³/mol. The van der Waals surface area contributed by atoms with E-state index in [2.05, 4.69) is 11.3 Å². The Morgan fingerprint density at radius 2 is 2.18 bits per heavy atom. The summed E-state index contributed by atoms with van der Waals surface area (Å²) in [5.74, 6) is 1.73. The molecule has 0 fully saturated rings. The van der Waals surface area contributed by atoms with Crippen molar-refractivity contribution in [2.45, 2.75) is 26.2 Å². The van der Waals surface area contributed by atoms with Crippen LogP contribution in [0, 0.1) is 12.3 Å². The van der Waals surface area contributed by atoms with E-state index in [1.165, 1.54) is 5.01 Å². The lowest BCUT2D eigenvalue weighted by molar-refractivity contribution is -0.140.